The van der Waals surface area contributed by atoms with Crippen molar-refractivity contribution in [3.8, 4) is 5.75 Å². The van der Waals surface area contributed by atoms with E-state index in [4.69, 9.17) is 0 Å². The number of aromatic hydroxyl groups is 1. The number of aliphatic hydroxyl groups excluding tert-OH is 1. The number of phenolic OH excluding ortho intramolecular Hbond substituents is 1. The van der Waals surface area contributed by atoms with E-state index in [2.05, 4.69) is 29.0 Å². The Hall–Kier alpha value is -3.42. The van der Waals surface area contributed by atoms with E-state index in [1.807, 2.05) is 36.4 Å². The highest BCUT2D eigenvalue weighted by Gasteiger charge is 2.34. The first-order chi connectivity index (χ1) is 20.3. The second-order valence-corrected chi connectivity index (χ2v) is 12.8. The highest BCUT2D eigenvalue weighted by molar-refractivity contribution is 5.94. The maximum absolute atomic E-state index is 13.3. The number of benzene rings is 2. The zero-order valence-corrected chi connectivity index (χ0v) is 24.7. The van der Waals surface area contributed by atoms with E-state index in [9.17, 15) is 19.8 Å². The topological polar surface area (TPSA) is 106 Å². The monoisotopic (exact) mass is 569 g/mol. The zero-order valence-electron chi connectivity index (χ0n) is 24.7. The third-order valence-electron chi connectivity index (χ3n) is 9.87. The highest BCUT2D eigenvalue weighted by atomic mass is 16.3. The molecule has 3 aliphatic carbocycles. The van der Waals surface area contributed by atoms with Crippen LogP contribution in [0.1, 0.15) is 82.5 Å². The molecule has 2 aromatic carbocycles. The Bertz CT molecular complexity index is 1510. The second-order valence-electron chi connectivity index (χ2n) is 12.8. The molecule has 7 nitrogen and oxygen atoms in total. The van der Waals surface area contributed by atoms with Gasteiger partial charge in [-0.25, -0.2) is 0 Å². The Morgan fingerprint density at radius 3 is 2.71 bits per heavy atom. The summed E-state index contributed by atoms with van der Waals surface area (Å²) >= 11 is 0. The number of pyridine rings is 1. The van der Waals surface area contributed by atoms with Gasteiger partial charge in [0.2, 0.25) is 0 Å². The zero-order chi connectivity index (χ0) is 29.4. The van der Waals surface area contributed by atoms with Crippen LogP contribution in [0.5, 0.6) is 5.75 Å². The van der Waals surface area contributed by atoms with E-state index in [-0.39, 0.29) is 11.1 Å². The van der Waals surface area contributed by atoms with Crippen LogP contribution in [-0.2, 0) is 25.7 Å². The lowest BCUT2D eigenvalue weighted by molar-refractivity contribution is 0.0856. The first kappa shape index (κ1) is 28.7. The molecule has 4 N–H and O–H groups in total. The Balaban J connectivity index is 1.13. The van der Waals surface area contributed by atoms with Crippen LogP contribution < -0.4 is 10.9 Å². The molecule has 1 saturated carbocycles. The van der Waals surface area contributed by atoms with Crippen LogP contribution in [0.3, 0.4) is 0 Å². The molecule has 0 spiro atoms. The average molecular weight is 570 g/mol. The number of rotatable bonds is 10. The van der Waals surface area contributed by atoms with Gasteiger partial charge in [-0.05, 0) is 123 Å². The van der Waals surface area contributed by atoms with Crippen LogP contribution in [0.2, 0.25) is 0 Å². The fourth-order valence-corrected chi connectivity index (χ4v) is 7.07. The molecule has 1 fully saturated rings. The number of hydrogen-bond acceptors (Lipinski definition) is 5. The van der Waals surface area contributed by atoms with E-state index >= 15 is 0 Å². The van der Waals surface area contributed by atoms with Crippen molar-refractivity contribution in [3.63, 3.8) is 0 Å². The second kappa shape index (κ2) is 12.1. The minimum absolute atomic E-state index is 0.120. The van der Waals surface area contributed by atoms with Crippen LogP contribution in [0.25, 0.3) is 0 Å². The van der Waals surface area contributed by atoms with Crippen molar-refractivity contribution >= 4 is 5.91 Å². The first-order valence-electron chi connectivity index (χ1n) is 15.6. The van der Waals surface area contributed by atoms with Crippen LogP contribution in [-0.4, -0.2) is 51.2 Å². The number of aliphatic hydroxyl groups is 1. The number of carbonyl (C=O) groups excluding carboxylic acids is 1. The van der Waals surface area contributed by atoms with Gasteiger partial charge >= 0.3 is 0 Å². The van der Waals surface area contributed by atoms with Crippen LogP contribution in [0, 0.1) is 18.8 Å². The van der Waals surface area contributed by atoms with E-state index in [0.29, 0.717) is 24.1 Å². The summed E-state index contributed by atoms with van der Waals surface area (Å²) in [6, 6.07) is 15.0. The Labute approximate surface area is 248 Å². The highest BCUT2D eigenvalue weighted by Crippen LogP contribution is 2.35. The van der Waals surface area contributed by atoms with Crippen molar-refractivity contribution in [3.05, 3.63) is 98.0 Å². The molecule has 3 aliphatic rings. The average Bonchev–Trinajstić information content (AvgIpc) is 3.75. The molecule has 42 heavy (non-hydrogen) atoms. The maximum atomic E-state index is 13.3. The largest absolute Gasteiger partial charge is 0.508 e. The molecule has 1 heterocycles. The fraction of sp³-hybridized carbons (Fsp3) is 0.486. The standard InChI is InChI=1S/C35H43N3O4/c1-21-9-13-28(39)17-24(21)7-5-15-38(20-23-10-11-23)22(2)25-12-14-31-27(16-25)18-30(34(41)36-31)35(42)37-33-29-8-4-3-6-26(29)19-32(33)40/h3-4,6,8-9,13,17-18,22-23,25,32-33,39-40H,5,7,10-12,14-16,19-20H2,1-2H3,(H,36,41)(H,37,42)/t22-,25+,32+,33?/m1/s1. The van der Waals surface area contributed by atoms with Gasteiger partial charge in [-0.1, -0.05) is 30.3 Å². The summed E-state index contributed by atoms with van der Waals surface area (Å²) in [5, 5.41) is 23.5. The molecule has 222 valence electrons. The maximum Gasteiger partial charge on any atom is 0.261 e. The quantitative estimate of drug-likeness (QED) is 0.285. The lowest BCUT2D eigenvalue weighted by Gasteiger charge is -2.37. The Kier molecular flexibility index (Phi) is 8.24. The molecule has 4 atom stereocenters. The van der Waals surface area contributed by atoms with Gasteiger partial charge in [0.1, 0.15) is 11.3 Å². The van der Waals surface area contributed by atoms with Crippen LogP contribution >= 0.6 is 0 Å². The van der Waals surface area contributed by atoms with Gasteiger partial charge in [0.05, 0.1) is 12.1 Å². The summed E-state index contributed by atoms with van der Waals surface area (Å²) in [6.07, 6.45) is 7.03. The molecule has 1 unspecified atom stereocenters. The van der Waals surface area contributed by atoms with Gasteiger partial charge in [-0.2, -0.15) is 0 Å². The van der Waals surface area contributed by atoms with E-state index in [0.717, 1.165) is 73.5 Å². The fourth-order valence-electron chi connectivity index (χ4n) is 7.07. The minimum atomic E-state index is -0.706. The van der Waals surface area contributed by atoms with Crippen molar-refractivity contribution in [2.24, 2.45) is 11.8 Å². The number of phenols is 1. The van der Waals surface area contributed by atoms with Gasteiger partial charge in [0, 0.05) is 24.7 Å². The lowest BCUT2D eigenvalue weighted by atomic mass is 9.81. The summed E-state index contributed by atoms with van der Waals surface area (Å²) < 4.78 is 0. The summed E-state index contributed by atoms with van der Waals surface area (Å²) in [5.74, 6) is 1.11. The lowest BCUT2D eigenvalue weighted by Crippen LogP contribution is -2.43. The molecular weight excluding hydrogens is 526 g/mol. The van der Waals surface area contributed by atoms with Crippen molar-refractivity contribution in [2.75, 3.05) is 13.1 Å². The SMILES string of the molecule is Cc1ccc(O)cc1CCCN(CC1CC1)[C@H](C)[C@H]1CCc2[nH]c(=O)c(C(=O)NC3c4ccccc4C[C@@H]3O)cc2C1. The van der Waals surface area contributed by atoms with Gasteiger partial charge in [0.15, 0.2) is 0 Å². The van der Waals surface area contributed by atoms with Gasteiger partial charge < -0.3 is 25.4 Å². The number of aromatic nitrogens is 1. The van der Waals surface area contributed by atoms with E-state index < -0.39 is 18.1 Å². The smallest absolute Gasteiger partial charge is 0.261 e. The molecular formula is C35H43N3O4. The molecule has 0 radical (unpaired) electrons. The summed E-state index contributed by atoms with van der Waals surface area (Å²) in [4.78, 5) is 32.0. The van der Waals surface area contributed by atoms with Crippen molar-refractivity contribution in [2.45, 2.75) is 83.4 Å². The third-order valence-corrected chi connectivity index (χ3v) is 9.87. The number of nitrogens with zero attached hydrogens (tertiary/aromatic N) is 1. The predicted molar refractivity (Wildman–Crippen MR) is 164 cm³/mol. The Morgan fingerprint density at radius 2 is 1.90 bits per heavy atom. The number of aromatic amines is 1. The summed E-state index contributed by atoms with van der Waals surface area (Å²) in [6.45, 7) is 6.58. The number of nitrogens with one attached hydrogen (secondary N) is 2. The van der Waals surface area contributed by atoms with Gasteiger partial charge in [-0.3, -0.25) is 9.59 Å². The third kappa shape index (κ3) is 6.18. The van der Waals surface area contributed by atoms with Crippen molar-refractivity contribution < 1.29 is 15.0 Å². The molecule has 0 aliphatic heterocycles. The Morgan fingerprint density at radius 1 is 1.10 bits per heavy atom. The normalized spacial score (nSPS) is 22.0. The first-order valence-corrected chi connectivity index (χ1v) is 15.6. The molecule has 1 amide bonds. The van der Waals surface area contributed by atoms with Crippen molar-refractivity contribution in [1.82, 2.24) is 15.2 Å². The van der Waals surface area contributed by atoms with Crippen molar-refractivity contribution in [1.29, 1.82) is 0 Å². The number of H-pyrrole nitrogens is 1. The predicted octanol–water partition coefficient (Wildman–Crippen LogP) is 4.62. The molecule has 0 bridgehead atoms. The van der Waals surface area contributed by atoms with E-state index in [1.54, 1.807) is 12.1 Å². The van der Waals surface area contributed by atoms with Crippen LogP contribution in [0.4, 0.5) is 0 Å². The number of hydrogen-bond donors (Lipinski definition) is 4. The molecule has 1 aromatic heterocycles. The van der Waals surface area contributed by atoms with Crippen LogP contribution in [0.15, 0.2) is 53.3 Å². The van der Waals surface area contributed by atoms with E-state index in [1.165, 1.54) is 24.0 Å². The minimum Gasteiger partial charge on any atom is -0.508 e. The number of amides is 1. The van der Waals surface area contributed by atoms with Gasteiger partial charge in [-0.15, -0.1) is 0 Å². The molecule has 3 aromatic rings. The number of fused-ring (bicyclic) bond motifs is 2. The molecule has 6 rings (SSSR count). The molecule has 7 heteroatoms. The molecule has 0 saturated heterocycles. The number of carbonyl (C=O) groups is 1. The summed E-state index contributed by atoms with van der Waals surface area (Å²) in [5.41, 5.74) is 6.13. The van der Waals surface area contributed by atoms with Gasteiger partial charge in [0.25, 0.3) is 11.5 Å². The number of aryl methyl sites for hydroxylation is 3. The summed E-state index contributed by atoms with van der Waals surface area (Å²) in [7, 11) is 0.